The van der Waals surface area contributed by atoms with Gasteiger partial charge in [0.25, 0.3) is 0 Å². The van der Waals surface area contributed by atoms with Gasteiger partial charge in [0.2, 0.25) is 0 Å². The normalized spacial score (nSPS) is 52.5. The van der Waals surface area contributed by atoms with E-state index in [1.807, 2.05) is 6.92 Å². The summed E-state index contributed by atoms with van der Waals surface area (Å²) >= 11 is 0. The Bertz CT molecular complexity index is 538. The molecule has 0 heterocycles. The van der Waals surface area contributed by atoms with E-state index < -0.39 is 0 Å². The lowest BCUT2D eigenvalue weighted by atomic mass is 9.44. The Labute approximate surface area is 140 Å². The van der Waals surface area contributed by atoms with E-state index in [0.29, 0.717) is 28.8 Å². The molecule has 0 N–H and O–H groups in total. The van der Waals surface area contributed by atoms with E-state index in [4.69, 9.17) is 0 Å². The smallest absolute Gasteiger partial charge is 0.133 e. The zero-order valence-electron chi connectivity index (χ0n) is 15.1. The summed E-state index contributed by atoms with van der Waals surface area (Å²) in [4.78, 5) is 24.1. The molecule has 0 spiro atoms. The highest BCUT2D eigenvalue weighted by atomic mass is 16.1. The molecule has 0 aliphatic heterocycles. The molecule has 0 unspecified atom stereocenters. The van der Waals surface area contributed by atoms with Gasteiger partial charge in [-0.1, -0.05) is 13.8 Å². The van der Waals surface area contributed by atoms with E-state index >= 15 is 0 Å². The van der Waals surface area contributed by atoms with Crippen LogP contribution in [0.3, 0.4) is 0 Å². The van der Waals surface area contributed by atoms with Gasteiger partial charge >= 0.3 is 0 Å². The topological polar surface area (TPSA) is 34.1 Å². The molecule has 0 aromatic heterocycles. The van der Waals surface area contributed by atoms with Crippen LogP contribution in [0.2, 0.25) is 0 Å². The monoisotopic (exact) mass is 316 g/mol. The van der Waals surface area contributed by atoms with Crippen LogP contribution in [0.25, 0.3) is 0 Å². The summed E-state index contributed by atoms with van der Waals surface area (Å²) in [5, 5.41) is 0. The molecular formula is C21H32O2. The molecule has 23 heavy (non-hydrogen) atoms. The third kappa shape index (κ3) is 2.12. The first-order valence-corrected chi connectivity index (χ1v) is 9.88. The van der Waals surface area contributed by atoms with Crippen molar-refractivity contribution in [2.24, 2.45) is 40.4 Å². The third-order valence-corrected chi connectivity index (χ3v) is 8.97. The molecule has 0 saturated heterocycles. The average Bonchev–Trinajstić information content (AvgIpc) is 2.85. The molecule has 4 saturated carbocycles. The summed E-state index contributed by atoms with van der Waals surface area (Å²) in [6, 6.07) is 0. The Morgan fingerprint density at radius 2 is 1.70 bits per heavy atom. The second-order valence-electron chi connectivity index (χ2n) is 9.68. The van der Waals surface area contributed by atoms with Gasteiger partial charge in [-0.15, -0.1) is 0 Å². The molecule has 2 heteroatoms. The van der Waals surface area contributed by atoms with Crippen molar-refractivity contribution >= 4 is 11.6 Å². The maximum absolute atomic E-state index is 12.2. The first kappa shape index (κ1) is 15.8. The van der Waals surface area contributed by atoms with Gasteiger partial charge in [0.15, 0.2) is 0 Å². The Hall–Kier alpha value is -0.660. The zero-order chi connectivity index (χ0) is 16.4. The van der Waals surface area contributed by atoms with Crippen molar-refractivity contribution in [3.63, 3.8) is 0 Å². The molecule has 0 aromatic carbocycles. The number of ketones is 2. The highest BCUT2D eigenvalue weighted by Gasteiger charge is 2.60. The van der Waals surface area contributed by atoms with Gasteiger partial charge < -0.3 is 0 Å². The lowest BCUT2D eigenvalue weighted by Gasteiger charge is -2.60. The molecule has 0 aromatic rings. The van der Waals surface area contributed by atoms with Crippen LogP contribution in [0.4, 0.5) is 0 Å². The van der Waals surface area contributed by atoms with Crippen molar-refractivity contribution in [3.05, 3.63) is 0 Å². The van der Waals surface area contributed by atoms with Gasteiger partial charge in [-0.2, -0.15) is 0 Å². The maximum Gasteiger partial charge on any atom is 0.133 e. The van der Waals surface area contributed by atoms with Gasteiger partial charge in [0, 0.05) is 18.8 Å². The zero-order valence-corrected chi connectivity index (χ0v) is 15.1. The third-order valence-electron chi connectivity index (χ3n) is 8.97. The summed E-state index contributed by atoms with van der Waals surface area (Å²) in [5.41, 5.74) is 0.660. The van der Waals surface area contributed by atoms with E-state index in [1.165, 1.54) is 32.1 Å². The van der Waals surface area contributed by atoms with Crippen LogP contribution in [0.1, 0.15) is 78.6 Å². The highest BCUT2D eigenvalue weighted by molar-refractivity contribution is 5.80. The predicted molar refractivity (Wildman–Crippen MR) is 90.9 cm³/mol. The number of hydrogen-bond donors (Lipinski definition) is 0. The van der Waals surface area contributed by atoms with Crippen LogP contribution in [0, 0.1) is 40.4 Å². The van der Waals surface area contributed by atoms with Crippen LogP contribution in [0.15, 0.2) is 0 Å². The number of Topliss-reactive ketones (excluding diaryl/α,β-unsaturated/α-hetero) is 2. The van der Waals surface area contributed by atoms with E-state index in [0.717, 1.165) is 43.4 Å². The van der Waals surface area contributed by atoms with Crippen molar-refractivity contribution in [1.29, 1.82) is 0 Å². The summed E-state index contributed by atoms with van der Waals surface area (Å²) in [7, 11) is 0. The predicted octanol–water partition coefficient (Wildman–Crippen LogP) is 4.80. The lowest BCUT2D eigenvalue weighted by Crippen LogP contribution is -2.53. The minimum Gasteiger partial charge on any atom is -0.300 e. The minimum absolute atomic E-state index is 0.265. The summed E-state index contributed by atoms with van der Waals surface area (Å²) < 4.78 is 0. The van der Waals surface area contributed by atoms with Crippen LogP contribution in [0.5, 0.6) is 0 Å². The van der Waals surface area contributed by atoms with Crippen molar-refractivity contribution < 1.29 is 9.59 Å². The molecule has 4 fully saturated rings. The number of fused-ring (bicyclic) bond motifs is 5. The van der Waals surface area contributed by atoms with Gasteiger partial charge in [-0.05, 0) is 86.4 Å². The van der Waals surface area contributed by atoms with E-state index in [-0.39, 0.29) is 5.41 Å². The SMILES string of the molecule is CC(=O)[C@@H]1CC[C@@H]2[C@@H]3CC[C@@H]4CC(=O)CC[C@]4(C)[C@@H]3CC[C@]21C. The molecule has 4 aliphatic carbocycles. The van der Waals surface area contributed by atoms with Gasteiger partial charge in [-0.25, -0.2) is 0 Å². The fourth-order valence-electron chi connectivity index (χ4n) is 7.71. The van der Waals surface area contributed by atoms with E-state index in [1.54, 1.807) is 0 Å². The molecule has 0 amide bonds. The fraction of sp³-hybridized carbons (Fsp3) is 0.905. The highest BCUT2D eigenvalue weighted by Crippen LogP contribution is 2.67. The quantitative estimate of drug-likeness (QED) is 0.696. The number of carbonyl (C=O) groups excluding carboxylic acids is 2. The Morgan fingerprint density at radius 3 is 2.43 bits per heavy atom. The number of carbonyl (C=O) groups is 2. The number of rotatable bonds is 1. The van der Waals surface area contributed by atoms with Crippen LogP contribution in [-0.2, 0) is 9.59 Å². The Balaban J connectivity index is 1.63. The Morgan fingerprint density at radius 1 is 0.957 bits per heavy atom. The lowest BCUT2D eigenvalue weighted by molar-refractivity contribution is -0.143. The first-order valence-electron chi connectivity index (χ1n) is 9.88. The van der Waals surface area contributed by atoms with Crippen LogP contribution >= 0.6 is 0 Å². The van der Waals surface area contributed by atoms with E-state index in [9.17, 15) is 9.59 Å². The summed E-state index contributed by atoms with van der Waals surface area (Å²) in [5.74, 6) is 4.25. The van der Waals surface area contributed by atoms with Gasteiger partial charge in [-0.3, -0.25) is 9.59 Å². The average molecular weight is 316 g/mol. The van der Waals surface area contributed by atoms with Crippen molar-refractivity contribution in [3.8, 4) is 0 Å². The second-order valence-corrected chi connectivity index (χ2v) is 9.68. The van der Waals surface area contributed by atoms with Crippen molar-refractivity contribution in [2.75, 3.05) is 0 Å². The molecule has 7 atom stereocenters. The molecule has 0 radical (unpaired) electrons. The number of hydrogen-bond acceptors (Lipinski definition) is 2. The molecule has 128 valence electrons. The van der Waals surface area contributed by atoms with E-state index in [2.05, 4.69) is 13.8 Å². The van der Waals surface area contributed by atoms with Crippen LogP contribution < -0.4 is 0 Å². The molecule has 4 rings (SSSR count). The largest absolute Gasteiger partial charge is 0.300 e. The summed E-state index contributed by atoms with van der Waals surface area (Å²) in [6.45, 7) is 6.74. The molecule has 0 bridgehead atoms. The van der Waals surface area contributed by atoms with Crippen molar-refractivity contribution in [1.82, 2.24) is 0 Å². The van der Waals surface area contributed by atoms with Crippen LogP contribution in [-0.4, -0.2) is 11.6 Å². The Kier molecular flexibility index (Phi) is 3.56. The molecular weight excluding hydrogens is 284 g/mol. The molecule has 4 aliphatic rings. The van der Waals surface area contributed by atoms with Crippen molar-refractivity contribution in [2.45, 2.75) is 78.6 Å². The summed E-state index contributed by atoms with van der Waals surface area (Å²) in [6.07, 6.45) is 10.3. The standard InChI is InChI=1S/C21H32O2/c1-13(22)17-6-7-18-16-5-4-14-12-15(23)8-10-20(14,2)19(16)9-11-21(17,18)3/h14,16-19H,4-12H2,1-3H3/t14-,16+,17+,18-,19-,20+,21+/m1/s1. The molecule has 2 nitrogen and oxygen atoms in total. The minimum atomic E-state index is 0.265. The van der Waals surface area contributed by atoms with Gasteiger partial charge in [0.1, 0.15) is 11.6 Å². The van der Waals surface area contributed by atoms with Gasteiger partial charge in [0.05, 0.1) is 0 Å². The second kappa shape index (κ2) is 5.17. The maximum atomic E-state index is 12.2. The fourth-order valence-corrected chi connectivity index (χ4v) is 7.71. The first-order chi connectivity index (χ1) is 10.9.